The molecule has 0 aromatic rings. The second-order valence-electron chi connectivity index (χ2n) is 5.67. The van der Waals surface area contributed by atoms with Crippen LogP contribution in [0.5, 0.6) is 0 Å². The van der Waals surface area contributed by atoms with Gasteiger partial charge in [-0.2, -0.15) is 0 Å². The first-order valence-corrected chi connectivity index (χ1v) is 5.67. The normalized spacial score (nSPS) is 25.3. The summed E-state index contributed by atoms with van der Waals surface area (Å²) < 4.78 is 11.8. The summed E-state index contributed by atoms with van der Waals surface area (Å²) in [6.45, 7) is 16.5. The predicted octanol–water partition coefficient (Wildman–Crippen LogP) is 3.29. The van der Waals surface area contributed by atoms with Crippen molar-refractivity contribution in [2.75, 3.05) is 0 Å². The van der Waals surface area contributed by atoms with Gasteiger partial charge in [-0.3, -0.25) is 0 Å². The molecule has 86 valence electrons. The molecule has 0 radical (unpaired) electrons. The summed E-state index contributed by atoms with van der Waals surface area (Å²) in [5.74, 6) is 0.444. The van der Waals surface area contributed by atoms with E-state index in [0.29, 0.717) is 5.92 Å². The van der Waals surface area contributed by atoms with Crippen LogP contribution in [0, 0.1) is 5.92 Å². The van der Waals surface area contributed by atoms with Crippen molar-refractivity contribution in [1.82, 2.24) is 0 Å². The molecule has 0 aromatic heterocycles. The lowest BCUT2D eigenvalue weighted by molar-refractivity contribution is 0.00578. The highest BCUT2D eigenvalue weighted by Gasteiger charge is 2.50. The molecule has 0 amide bonds. The molecule has 1 heterocycles. The third-order valence-electron chi connectivity index (χ3n) is 3.69. The lowest BCUT2D eigenvalue weighted by Crippen LogP contribution is -2.41. The van der Waals surface area contributed by atoms with Gasteiger partial charge in [0.25, 0.3) is 0 Å². The van der Waals surface area contributed by atoms with Crippen LogP contribution in [-0.2, 0) is 9.31 Å². The largest absolute Gasteiger partial charge is 0.458 e. The quantitative estimate of drug-likeness (QED) is 0.525. The Balaban J connectivity index is 2.60. The van der Waals surface area contributed by atoms with Gasteiger partial charge < -0.3 is 9.31 Å². The molecule has 1 aliphatic rings. The first-order valence-electron chi connectivity index (χ1n) is 5.67. The van der Waals surface area contributed by atoms with Crippen molar-refractivity contribution in [1.29, 1.82) is 0 Å². The number of hydrogen-bond acceptors (Lipinski definition) is 2. The first kappa shape index (κ1) is 12.8. The van der Waals surface area contributed by atoms with Crippen LogP contribution in [0.4, 0.5) is 0 Å². The van der Waals surface area contributed by atoms with Crippen LogP contribution in [0.15, 0.2) is 12.2 Å². The molecular weight excluding hydrogens is 187 g/mol. The Morgan fingerprint density at radius 1 is 1.20 bits per heavy atom. The smallest absolute Gasteiger partial charge is 0.403 e. The van der Waals surface area contributed by atoms with Crippen LogP contribution < -0.4 is 0 Å². The lowest BCUT2D eigenvalue weighted by atomic mass is 9.76. The number of hydrogen-bond donors (Lipinski definition) is 0. The SMILES string of the molecule is C=C(C)[C@H](C)CB1OC(C)(C)C(C)(C)O1. The molecule has 0 N–H and O–H groups in total. The van der Waals surface area contributed by atoms with E-state index in [1.165, 1.54) is 5.57 Å². The summed E-state index contributed by atoms with van der Waals surface area (Å²) >= 11 is 0. The summed E-state index contributed by atoms with van der Waals surface area (Å²) in [4.78, 5) is 0. The van der Waals surface area contributed by atoms with Crippen molar-refractivity contribution >= 4 is 7.12 Å². The topological polar surface area (TPSA) is 18.5 Å². The molecule has 0 bridgehead atoms. The molecule has 15 heavy (non-hydrogen) atoms. The van der Waals surface area contributed by atoms with Gasteiger partial charge in [-0.05, 0) is 46.9 Å². The zero-order chi connectivity index (χ0) is 11.9. The standard InChI is InChI=1S/C12H23BO2/c1-9(2)10(3)8-13-14-11(4,5)12(6,7)15-13/h10H,1,8H2,2-7H3/t10-/m1/s1. The third-order valence-corrected chi connectivity index (χ3v) is 3.69. The molecule has 1 rings (SSSR count). The fourth-order valence-corrected chi connectivity index (χ4v) is 1.55. The van der Waals surface area contributed by atoms with Crippen LogP contribution in [0.3, 0.4) is 0 Å². The summed E-state index contributed by atoms with van der Waals surface area (Å²) in [6.07, 6.45) is 0.891. The minimum Gasteiger partial charge on any atom is -0.403 e. The van der Waals surface area contributed by atoms with E-state index in [1.54, 1.807) is 0 Å². The van der Waals surface area contributed by atoms with Gasteiger partial charge in [0.05, 0.1) is 11.2 Å². The molecule has 0 saturated carbocycles. The summed E-state index contributed by atoms with van der Waals surface area (Å²) in [6, 6.07) is 0. The average molecular weight is 210 g/mol. The van der Waals surface area contributed by atoms with Crippen LogP contribution in [0.2, 0.25) is 6.32 Å². The monoisotopic (exact) mass is 210 g/mol. The van der Waals surface area contributed by atoms with E-state index >= 15 is 0 Å². The Morgan fingerprint density at radius 3 is 1.93 bits per heavy atom. The van der Waals surface area contributed by atoms with Crippen molar-refractivity contribution in [3.63, 3.8) is 0 Å². The fraction of sp³-hybridized carbons (Fsp3) is 0.833. The Kier molecular flexibility index (Phi) is 3.37. The van der Waals surface area contributed by atoms with E-state index in [-0.39, 0.29) is 18.3 Å². The molecule has 0 aromatic carbocycles. The molecule has 3 heteroatoms. The first-order chi connectivity index (χ1) is 6.66. The predicted molar refractivity (Wildman–Crippen MR) is 64.9 cm³/mol. The van der Waals surface area contributed by atoms with Crippen molar-refractivity contribution in [3.8, 4) is 0 Å². The van der Waals surface area contributed by atoms with Crippen LogP contribution in [0.25, 0.3) is 0 Å². The summed E-state index contributed by atoms with van der Waals surface area (Å²) in [7, 11) is -0.0956. The maximum Gasteiger partial charge on any atom is 0.458 e. The highest BCUT2D eigenvalue weighted by Crippen LogP contribution is 2.38. The van der Waals surface area contributed by atoms with E-state index in [0.717, 1.165) is 6.32 Å². The molecular formula is C12H23BO2. The van der Waals surface area contributed by atoms with E-state index in [4.69, 9.17) is 9.31 Å². The summed E-state index contributed by atoms with van der Waals surface area (Å²) in [5.41, 5.74) is 0.753. The molecule has 0 unspecified atom stereocenters. The fourth-order valence-electron chi connectivity index (χ4n) is 1.55. The Bertz CT molecular complexity index is 242. The van der Waals surface area contributed by atoms with Gasteiger partial charge in [0.2, 0.25) is 0 Å². The van der Waals surface area contributed by atoms with Crippen molar-refractivity contribution in [2.24, 2.45) is 5.92 Å². The van der Waals surface area contributed by atoms with Gasteiger partial charge in [-0.15, -0.1) is 0 Å². The van der Waals surface area contributed by atoms with E-state index in [2.05, 4.69) is 48.1 Å². The molecule has 1 fully saturated rings. The van der Waals surface area contributed by atoms with E-state index < -0.39 is 0 Å². The lowest BCUT2D eigenvalue weighted by Gasteiger charge is -2.32. The molecule has 0 aliphatic carbocycles. The number of rotatable bonds is 3. The van der Waals surface area contributed by atoms with Gasteiger partial charge in [-0.1, -0.05) is 19.1 Å². The Morgan fingerprint density at radius 2 is 1.60 bits per heavy atom. The Hall–Kier alpha value is -0.275. The highest BCUT2D eigenvalue weighted by atomic mass is 16.7. The molecule has 0 spiro atoms. The molecule has 1 aliphatic heterocycles. The van der Waals surface area contributed by atoms with Crippen molar-refractivity contribution in [3.05, 3.63) is 12.2 Å². The van der Waals surface area contributed by atoms with Crippen molar-refractivity contribution in [2.45, 2.75) is 59.1 Å². The second kappa shape index (κ2) is 3.95. The number of allylic oxidation sites excluding steroid dienone is 1. The van der Waals surface area contributed by atoms with Gasteiger partial charge in [0.1, 0.15) is 0 Å². The van der Waals surface area contributed by atoms with Gasteiger partial charge in [0.15, 0.2) is 0 Å². The molecule has 1 atom stereocenters. The second-order valence-corrected chi connectivity index (χ2v) is 5.67. The minimum absolute atomic E-state index is 0.0956. The molecule has 2 nitrogen and oxygen atoms in total. The summed E-state index contributed by atoms with van der Waals surface area (Å²) in [5, 5.41) is 0. The highest BCUT2D eigenvalue weighted by molar-refractivity contribution is 6.45. The maximum absolute atomic E-state index is 5.92. The third kappa shape index (κ3) is 2.64. The van der Waals surface area contributed by atoms with Gasteiger partial charge in [0, 0.05) is 0 Å². The Labute approximate surface area is 94.2 Å². The van der Waals surface area contributed by atoms with Gasteiger partial charge in [-0.25, -0.2) is 0 Å². The van der Waals surface area contributed by atoms with E-state index in [9.17, 15) is 0 Å². The van der Waals surface area contributed by atoms with Crippen LogP contribution in [-0.4, -0.2) is 18.3 Å². The van der Waals surface area contributed by atoms with Crippen LogP contribution in [0.1, 0.15) is 41.5 Å². The molecule has 1 saturated heterocycles. The zero-order valence-corrected chi connectivity index (χ0v) is 10.9. The maximum atomic E-state index is 5.92. The van der Waals surface area contributed by atoms with Crippen molar-refractivity contribution < 1.29 is 9.31 Å². The van der Waals surface area contributed by atoms with Gasteiger partial charge >= 0.3 is 7.12 Å². The zero-order valence-electron chi connectivity index (χ0n) is 10.9. The van der Waals surface area contributed by atoms with Crippen LogP contribution >= 0.6 is 0 Å². The average Bonchev–Trinajstić information content (AvgIpc) is 2.19. The minimum atomic E-state index is -0.216. The van der Waals surface area contributed by atoms with E-state index in [1.807, 2.05) is 0 Å².